The summed E-state index contributed by atoms with van der Waals surface area (Å²) in [4.78, 5) is 23.6. The van der Waals surface area contributed by atoms with Gasteiger partial charge in [0.1, 0.15) is 5.69 Å². The molecule has 3 rings (SSSR count). The molecular weight excluding hydrogens is 286 g/mol. The molecule has 20 heavy (non-hydrogen) atoms. The summed E-state index contributed by atoms with van der Waals surface area (Å²) in [5, 5.41) is 13.6. The Balaban J connectivity index is 2.06. The topological polar surface area (TPSA) is 110 Å². The van der Waals surface area contributed by atoms with E-state index < -0.39 is 32.9 Å². The highest BCUT2D eigenvalue weighted by molar-refractivity contribution is 7.91. The third kappa shape index (κ3) is 1.90. The molecule has 9 heteroatoms. The van der Waals surface area contributed by atoms with Gasteiger partial charge in [-0.3, -0.25) is 15.0 Å². The van der Waals surface area contributed by atoms with Crippen LogP contribution >= 0.6 is 0 Å². The van der Waals surface area contributed by atoms with E-state index in [4.69, 9.17) is 0 Å². The Kier molecular flexibility index (Phi) is 2.68. The maximum Gasteiger partial charge on any atom is 0.322 e. The van der Waals surface area contributed by atoms with Crippen LogP contribution in [-0.2, 0) is 9.84 Å². The molecule has 2 aliphatic rings. The van der Waals surface area contributed by atoms with Crippen LogP contribution in [0.25, 0.3) is 0 Å². The van der Waals surface area contributed by atoms with Gasteiger partial charge >= 0.3 is 6.03 Å². The van der Waals surface area contributed by atoms with Crippen LogP contribution < -0.4 is 10.2 Å². The number of para-hydroxylation sites is 2. The summed E-state index contributed by atoms with van der Waals surface area (Å²) in [6.45, 7) is 0. The highest BCUT2D eigenvalue weighted by Gasteiger charge is 2.50. The van der Waals surface area contributed by atoms with Crippen LogP contribution in [-0.4, -0.2) is 43.0 Å². The average molecular weight is 297 g/mol. The summed E-state index contributed by atoms with van der Waals surface area (Å²) in [6.07, 6.45) is 0. The number of carbonyl (C=O) groups is 1. The van der Waals surface area contributed by atoms with Crippen LogP contribution in [0, 0.1) is 10.1 Å². The SMILES string of the molecule is O=C1N[C@@H]2CS(=O)(=O)C[C@H]2N1c1ccccc1[N+](=O)[O-]. The lowest BCUT2D eigenvalue weighted by Crippen LogP contribution is -2.37. The normalized spacial score (nSPS) is 27.2. The molecule has 0 spiro atoms. The number of amides is 2. The monoisotopic (exact) mass is 297 g/mol. The van der Waals surface area contributed by atoms with E-state index >= 15 is 0 Å². The number of fused-ring (bicyclic) bond motifs is 1. The molecule has 2 heterocycles. The van der Waals surface area contributed by atoms with Crippen LogP contribution in [0.4, 0.5) is 16.2 Å². The first-order chi connectivity index (χ1) is 9.39. The van der Waals surface area contributed by atoms with E-state index in [2.05, 4.69) is 5.32 Å². The van der Waals surface area contributed by atoms with Gasteiger partial charge in [-0.05, 0) is 6.07 Å². The second kappa shape index (κ2) is 4.17. The molecule has 2 atom stereocenters. The van der Waals surface area contributed by atoms with Crippen molar-refractivity contribution in [3.8, 4) is 0 Å². The summed E-state index contributed by atoms with van der Waals surface area (Å²) in [5.41, 5.74) is -0.0906. The van der Waals surface area contributed by atoms with Crippen molar-refractivity contribution in [2.75, 3.05) is 16.4 Å². The molecule has 2 fully saturated rings. The van der Waals surface area contributed by atoms with Gasteiger partial charge in [0.15, 0.2) is 9.84 Å². The van der Waals surface area contributed by atoms with Crippen molar-refractivity contribution in [2.45, 2.75) is 12.1 Å². The Hall–Kier alpha value is -2.16. The number of sulfone groups is 1. The van der Waals surface area contributed by atoms with Gasteiger partial charge in [-0.1, -0.05) is 12.1 Å². The zero-order chi connectivity index (χ0) is 14.5. The predicted octanol–water partition coefficient (Wildman–Crippen LogP) is 0.290. The number of anilines is 1. The molecule has 0 unspecified atom stereocenters. The zero-order valence-corrected chi connectivity index (χ0v) is 11.0. The quantitative estimate of drug-likeness (QED) is 0.479. The van der Waals surface area contributed by atoms with E-state index in [-0.39, 0.29) is 22.9 Å². The molecule has 1 aromatic rings. The number of nitrogens with one attached hydrogen (secondary N) is 1. The number of carbonyl (C=O) groups excluding carboxylic acids is 1. The number of nitro groups is 1. The fourth-order valence-corrected chi connectivity index (χ4v) is 4.60. The lowest BCUT2D eigenvalue weighted by molar-refractivity contribution is -0.384. The van der Waals surface area contributed by atoms with Crippen LogP contribution in [0.1, 0.15) is 0 Å². The Morgan fingerprint density at radius 3 is 2.70 bits per heavy atom. The van der Waals surface area contributed by atoms with E-state index in [0.29, 0.717) is 0 Å². The molecular formula is C11H11N3O5S. The van der Waals surface area contributed by atoms with Crippen LogP contribution in [0.5, 0.6) is 0 Å². The number of nitro benzene ring substituents is 1. The largest absolute Gasteiger partial charge is 0.332 e. The fourth-order valence-electron chi connectivity index (χ4n) is 2.71. The number of benzene rings is 1. The second-order valence-corrected chi connectivity index (χ2v) is 6.97. The van der Waals surface area contributed by atoms with Gasteiger partial charge in [0.05, 0.1) is 28.5 Å². The molecule has 2 aliphatic heterocycles. The Bertz CT molecular complexity index is 702. The third-order valence-electron chi connectivity index (χ3n) is 3.52. The second-order valence-electron chi connectivity index (χ2n) is 4.82. The van der Waals surface area contributed by atoms with Crippen molar-refractivity contribution < 1.29 is 18.1 Å². The maximum atomic E-state index is 12.0. The molecule has 8 nitrogen and oxygen atoms in total. The van der Waals surface area contributed by atoms with E-state index in [1.807, 2.05) is 0 Å². The van der Waals surface area contributed by atoms with Gasteiger partial charge < -0.3 is 5.32 Å². The Labute approximate surface area is 114 Å². The van der Waals surface area contributed by atoms with Gasteiger partial charge in [-0.15, -0.1) is 0 Å². The summed E-state index contributed by atoms with van der Waals surface area (Å²) < 4.78 is 23.3. The van der Waals surface area contributed by atoms with Gasteiger partial charge in [0.2, 0.25) is 0 Å². The average Bonchev–Trinajstić information content (AvgIpc) is 2.79. The summed E-state index contributed by atoms with van der Waals surface area (Å²) in [7, 11) is -3.23. The van der Waals surface area contributed by atoms with Crippen molar-refractivity contribution in [2.24, 2.45) is 0 Å². The smallest absolute Gasteiger partial charge is 0.322 e. The molecule has 2 amide bonds. The van der Waals surface area contributed by atoms with Crippen molar-refractivity contribution in [3.63, 3.8) is 0 Å². The third-order valence-corrected chi connectivity index (χ3v) is 5.24. The number of hydrogen-bond acceptors (Lipinski definition) is 5. The summed E-state index contributed by atoms with van der Waals surface area (Å²) in [5.74, 6) is -0.303. The van der Waals surface area contributed by atoms with Crippen molar-refractivity contribution in [1.29, 1.82) is 0 Å². The number of urea groups is 1. The van der Waals surface area contributed by atoms with Crippen LogP contribution in [0.15, 0.2) is 24.3 Å². The molecule has 2 saturated heterocycles. The van der Waals surface area contributed by atoms with Crippen LogP contribution in [0.2, 0.25) is 0 Å². The highest BCUT2D eigenvalue weighted by atomic mass is 32.2. The van der Waals surface area contributed by atoms with Gasteiger partial charge in [-0.25, -0.2) is 13.2 Å². The number of hydrogen-bond donors (Lipinski definition) is 1. The molecule has 0 aliphatic carbocycles. The van der Waals surface area contributed by atoms with E-state index in [1.54, 1.807) is 6.07 Å². The standard InChI is InChI=1S/C11H11N3O5S/c15-11-12-7-5-20(18,19)6-10(7)13(11)8-3-1-2-4-9(8)14(16)17/h1-4,7,10H,5-6H2,(H,12,15)/t7-,10-/m1/s1. The van der Waals surface area contributed by atoms with E-state index in [1.165, 1.54) is 23.1 Å². The van der Waals surface area contributed by atoms with Crippen LogP contribution in [0.3, 0.4) is 0 Å². The zero-order valence-electron chi connectivity index (χ0n) is 10.2. The minimum atomic E-state index is -3.23. The molecule has 0 radical (unpaired) electrons. The lowest BCUT2D eigenvalue weighted by atomic mass is 10.1. The molecule has 106 valence electrons. The predicted molar refractivity (Wildman–Crippen MR) is 70.3 cm³/mol. The van der Waals surface area contributed by atoms with Crippen molar-refractivity contribution in [3.05, 3.63) is 34.4 Å². The number of nitrogens with zero attached hydrogens (tertiary/aromatic N) is 2. The first-order valence-corrected chi connectivity index (χ1v) is 7.75. The van der Waals surface area contributed by atoms with E-state index in [0.717, 1.165) is 0 Å². The molecule has 1 aromatic carbocycles. The first-order valence-electron chi connectivity index (χ1n) is 5.92. The van der Waals surface area contributed by atoms with Gasteiger partial charge in [0, 0.05) is 6.07 Å². The maximum absolute atomic E-state index is 12.0. The molecule has 0 saturated carbocycles. The first kappa shape index (κ1) is 12.9. The van der Waals surface area contributed by atoms with Gasteiger partial charge in [0.25, 0.3) is 5.69 Å². The van der Waals surface area contributed by atoms with Crippen molar-refractivity contribution in [1.82, 2.24) is 5.32 Å². The van der Waals surface area contributed by atoms with Gasteiger partial charge in [-0.2, -0.15) is 0 Å². The Morgan fingerprint density at radius 2 is 2.00 bits per heavy atom. The minimum absolute atomic E-state index is 0.124. The summed E-state index contributed by atoms with van der Waals surface area (Å²) >= 11 is 0. The van der Waals surface area contributed by atoms with Crippen molar-refractivity contribution >= 4 is 27.2 Å². The molecule has 0 aromatic heterocycles. The summed E-state index contributed by atoms with van der Waals surface area (Å²) in [6, 6.07) is 4.22. The fraction of sp³-hybridized carbons (Fsp3) is 0.364. The molecule has 0 bridgehead atoms. The Morgan fingerprint density at radius 1 is 1.30 bits per heavy atom. The minimum Gasteiger partial charge on any atom is -0.332 e. The van der Waals surface area contributed by atoms with E-state index in [9.17, 15) is 23.3 Å². The number of rotatable bonds is 2. The molecule has 1 N–H and O–H groups in total. The lowest BCUT2D eigenvalue weighted by Gasteiger charge is -2.20. The highest BCUT2D eigenvalue weighted by Crippen LogP contribution is 2.35.